The standard InChI is InChI=1S/C18H13BrCl2FN3O/c1-10(16-13(20)4-5-14(22)17(16)21)26-15-7-12(9-24-18(15)25-19)11-3-2-6-23-8-11/h2-10H,1H3,(H,24,25). The molecule has 8 heteroatoms. The zero-order chi connectivity index (χ0) is 18.7. The highest BCUT2D eigenvalue weighted by Crippen LogP contribution is 2.37. The lowest BCUT2D eigenvalue weighted by Gasteiger charge is -2.19. The van der Waals surface area contributed by atoms with Crippen molar-refractivity contribution in [3.8, 4) is 16.9 Å². The molecule has 1 N–H and O–H groups in total. The normalized spacial score (nSPS) is 11.9. The van der Waals surface area contributed by atoms with Crippen molar-refractivity contribution in [2.45, 2.75) is 13.0 Å². The third-order valence-corrected chi connectivity index (χ3v) is 4.82. The highest BCUT2D eigenvalue weighted by atomic mass is 79.9. The lowest BCUT2D eigenvalue weighted by Crippen LogP contribution is -2.07. The van der Waals surface area contributed by atoms with Gasteiger partial charge in [0, 0.05) is 56.5 Å². The van der Waals surface area contributed by atoms with E-state index in [4.69, 9.17) is 27.9 Å². The van der Waals surface area contributed by atoms with Gasteiger partial charge in [0.25, 0.3) is 0 Å². The molecule has 0 saturated heterocycles. The SMILES string of the molecule is CC(Oc1cc(-c2cccnc2)cnc1NBr)c1c(Cl)ccc(F)c1Cl. The van der Waals surface area contributed by atoms with Gasteiger partial charge in [-0.25, -0.2) is 9.37 Å². The molecule has 3 rings (SSSR count). The van der Waals surface area contributed by atoms with Gasteiger partial charge in [0.1, 0.15) is 11.9 Å². The van der Waals surface area contributed by atoms with E-state index in [1.165, 1.54) is 12.1 Å². The number of hydrogen-bond donors (Lipinski definition) is 1. The number of rotatable bonds is 5. The van der Waals surface area contributed by atoms with Crippen molar-refractivity contribution in [2.24, 2.45) is 0 Å². The predicted molar refractivity (Wildman–Crippen MR) is 105 cm³/mol. The van der Waals surface area contributed by atoms with Crippen LogP contribution in [0.5, 0.6) is 5.75 Å². The minimum Gasteiger partial charge on any atom is -0.482 e. The first-order chi connectivity index (χ1) is 12.5. The van der Waals surface area contributed by atoms with E-state index in [9.17, 15) is 4.39 Å². The van der Waals surface area contributed by atoms with E-state index >= 15 is 0 Å². The van der Waals surface area contributed by atoms with Crippen molar-refractivity contribution < 1.29 is 9.13 Å². The van der Waals surface area contributed by atoms with Gasteiger partial charge in [-0.1, -0.05) is 29.3 Å². The first-order valence-corrected chi connectivity index (χ1v) is 9.13. The molecule has 0 fully saturated rings. The maximum absolute atomic E-state index is 13.8. The zero-order valence-electron chi connectivity index (χ0n) is 13.5. The van der Waals surface area contributed by atoms with Crippen LogP contribution in [0.1, 0.15) is 18.6 Å². The Morgan fingerprint density at radius 3 is 2.69 bits per heavy atom. The Hall–Kier alpha value is -1.89. The third kappa shape index (κ3) is 3.92. The topological polar surface area (TPSA) is 47.0 Å². The molecule has 0 spiro atoms. The molecule has 0 radical (unpaired) electrons. The Balaban J connectivity index is 1.98. The van der Waals surface area contributed by atoms with Crippen LogP contribution in [0, 0.1) is 5.82 Å². The fraction of sp³-hybridized carbons (Fsp3) is 0.111. The summed E-state index contributed by atoms with van der Waals surface area (Å²) in [5, 5.41) is 0.267. The number of anilines is 1. The van der Waals surface area contributed by atoms with Gasteiger partial charge in [-0.2, -0.15) is 0 Å². The van der Waals surface area contributed by atoms with Gasteiger partial charge in [-0.05, 0) is 31.2 Å². The zero-order valence-corrected chi connectivity index (χ0v) is 16.6. The van der Waals surface area contributed by atoms with Crippen LogP contribution in [0.2, 0.25) is 10.0 Å². The quantitative estimate of drug-likeness (QED) is 0.354. The molecule has 0 aliphatic rings. The molecule has 26 heavy (non-hydrogen) atoms. The molecule has 2 heterocycles. The van der Waals surface area contributed by atoms with E-state index in [0.717, 1.165) is 11.1 Å². The Kier molecular flexibility index (Phi) is 5.96. The van der Waals surface area contributed by atoms with Gasteiger partial charge in [0.05, 0.1) is 5.02 Å². The van der Waals surface area contributed by atoms with Crippen LogP contribution in [-0.2, 0) is 0 Å². The smallest absolute Gasteiger partial charge is 0.178 e. The van der Waals surface area contributed by atoms with Crippen LogP contribution in [0.3, 0.4) is 0 Å². The van der Waals surface area contributed by atoms with E-state index in [1.807, 2.05) is 18.2 Å². The molecule has 3 aromatic rings. The van der Waals surface area contributed by atoms with Gasteiger partial charge >= 0.3 is 0 Å². The molecule has 134 valence electrons. The first kappa shape index (κ1) is 18.9. The summed E-state index contributed by atoms with van der Waals surface area (Å²) in [6.45, 7) is 1.74. The molecule has 0 aliphatic carbocycles. The molecule has 0 bridgehead atoms. The Bertz CT molecular complexity index is 928. The molecule has 0 aliphatic heterocycles. The summed E-state index contributed by atoms with van der Waals surface area (Å²) in [5.74, 6) is 0.364. The summed E-state index contributed by atoms with van der Waals surface area (Å²) < 4.78 is 22.6. The largest absolute Gasteiger partial charge is 0.482 e. The van der Waals surface area contributed by atoms with Crippen LogP contribution in [0.15, 0.2) is 48.9 Å². The van der Waals surface area contributed by atoms with Crippen molar-refractivity contribution in [1.82, 2.24) is 9.97 Å². The average Bonchev–Trinajstić information content (AvgIpc) is 2.66. The summed E-state index contributed by atoms with van der Waals surface area (Å²) in [6, 6.07) is 8.23. The number of hydrogen-bond acceptors (Lipinski definition) is 4. The lowest BCUT2D eigenvalue weighted by atomic mass is 10.1. The van der Waals surface area contributed by atoms with Crippen LogP contribution in [0.25, 0.3) is 11.1 Å². The fourth-order valence-electron chi connectivity index (χ4n) is 2.46. The first-order valence-electron chi connectivity index (χ1n) is 7.58. The highest BCUT2D eigenvalue weighted by molar-refractivity contribution is 9.10. The molecule has 1 aromatic carbocycles. The maximum Gasteiger partial charge on any atom is 0.178 e. The van der Waals surface area contributed by atoms with Crippen LogP contribution in [0.4, 0.5) is 10.2 Å². The van der Waals surface area contributed by atoms with Crippen LogP contribution < -0.4 is 9.08 Å². The average molecular weight is 457 g/mol. The van der Waals surface area contributed by atoms with Gasteiger partial charge in [-0.15, -0.1) is 0 Å². The van der Waals surface area contributed by atoms with E-state index in [2.05, 4.69) is 30.5 Å². The monoisotopic (exact) mass is 455 g/mol. The minimum atomic E-state index is -0.601. The van der Waals surface area contributed by atoms with Crippen LogP contribution >= 0.6 is 39.3 Å². The van der Waals surface area contributed by atoms with Crippen molar-refractivity contribution in [3.63, 3.8) is 0 Å². The predicted octanol–water partition coefficient (Wildman–Crippen LogP) is 6.45. The molecule has 2 aromatic heterocycles. The van der Waals surface area contributed by atoms with Gasteiger partial charge in [0.15, 0.2) is 11.6 Å². The number of pyridine rings is 2. The van der Waals surface area contributed by atoms with Gasteiger partial charge < -0.3 is 9.08 Å². The van der Waals surface area contributed by atoms with Crippen molar-refractivity contribution >= 4 is 45.2 Å². The summed E-state index contributed by atoms with van der Waals surface area (Å²) >= 11 is 15.4. The third-order valence-electron chi connectivity index (χ3n) is 3.73. The maximum atomic E-state index is 13.8. The molecule has 0 amide bonds. The molecule has 1 unspecified atom stereocenters. The number of halogens is 4. The summed E-state index contributed by atoms with van der Waals surface area (Å²) in [5.41, 5.74) is 2.09. The summed E-state index contributed by atoms with van der Waals surface area (Å²) in [7, 11) is 0. The summed E-state index contributed by atoms with van der Waals surface area (Å²) in [4.78, 5) is 8.44. The highest BCUT2D eigenvalue weighted by Gasteiger charge is 2.20. The second kappa shape index (κ2) is 8.20. The number of nitrogens with zero attached hydrogens (tertiary/aromatic N) is 2. The number of nitrogens with one attached hydrogen (secondary N) is 1. The molecular formula is C18H13BrCl2FN3O. The number of ether oxygens (including phenoxy) is 1. The number of benzene rings is 1. The lowest BCUT2D eigenvalue weighted by molar-refractivity contribution is 0.227. The van der Waals surface area contributed by atoms with Crippen molar-refractivity contribution in [2.75, 3.05) is 4.34 Å². The Labute approximate surface area is 168 Å². The Morgan fingerprint density at radius 2 is 2.00 bits per heavy atom. The molecule has 0 saturated carbocycles. The van der Waals surface area contributed by atoms with E-state index < -0.39 is 11.9 Å². The summed E-state index contributed by atoms with van der Waals surface area (Å²) in [6.07, 6.45) is 4.52. The molecule has 4 nitrogen and oxygen atoms in total. The number of aromatic nitrogens is 2. The van der Waals surface area contributed by atoms with E-state index in [1.54, 1.807) is 25.5 Å². The Morgan fingerprint density at radius 1 is 1.19 bits per heavy atom. The minimum absolute atomic E-state index is 0.0604. The second-order valence-electron chi connectivity index (χ2n) is 5.42. The van der Waals surface area contributed by atoms with Crippen molar-refractivity contribution in [3.05, 3.63) is 70.3 Å². The molecular weight excluding hydrogens is 444 g/mol. The van der Waals surface area contributed by atoms with Crippen LogP contribution in [-0.4, -0.2) is 9.97 Å². The van der Waals surface area contributed by atoms with E-state index in [0.29, 0.717) is 22.2 Å². The van der Waals surface area contributed by atoms with Gasteiger partial charge in [-0.3, -0.25) is 4.98 Å². The van der Waals surface area contributed by atoms with Crippen molar-refractivity contribution in [1.29, 1.82) is 0 Å². The molecule has 1 atom stereocenters. The fourth-order valence-corrected chi connectivity index (χ4v) is 3.44. The van der Waals surface area contributed by atoms with Gasteiger partial charge in [0.2, 0.25) is 0 Å². The second-order valence-corrected chi connectivity index (χ2v) is 6.61. The van der Waals surface area contributed by atoms with E-state index in [-0.39, 0.29) is 5.02 Å².